The Morgan fingerprint density at radius 3 is 2.67 bits per heavy atom. The number of aromatic amines is 1. The molecule has 0 bridgehead atoms. The lowest BCUT2D eigenvalue weighted by molar-refractivity contribution is -0.138. The molecule has 0 atom stereocenters. The summed E-state index contributed by atoms with van der Waals surface area (Å²) in [7, 11) is 0. The minimum absolute atomic E-state index is 0.102. The van der Waals surface area contributed by atoms with E-state index in [1.54, 1.807) is 12.1 Å². The highest BCUT2D eigenvalue weighted by atomic mass is 19.4. The lowest BCUT2D eigenvalue weighted by atomic mass is 10.0. The molecule has 0 fully saturated rings. The summed E-state index contributed by atoms with van der Waals surface area (Å²) in [6, 6.07) is 7.04. The molecule has 0 aliphatic heterocycles. The van der Waals surface area contributed by atoms with Crippen LogP contribution in [0.15, 0.2) is 30.3 Å². The van der Waals surface area contributed by atoms with Crippen molar-refractivity contribution in [3.8, 4) is 0 Å². The van der Waals surface area contributed by atoms with Crippen LogP contribution in [0.2, 0.25) is 0 Å². The summed E-state index contributed by atoms with van der Waals surface area (Å²) in [6.45, 7) is 4.22. The first-order chi connectivity index (χ1) is 11.3. The lowest BCUT2D eigenvalue weighted by Gasteiger charge is -2.12. The number of benzene rings is 1. The zero-order chi connectivity index (χ0) is 17.7. The fourth-order valence-electron chi connectivity index (χ4n) is 2.44. The number of H-pyrrole nitrogens is 1. The fourth-order valence-corrected chi connectivity index (χ4v) is 2.44. The van der Waals surface area contributed by atoms with Gasteiger partial charge < -0.3 is 5.32 Å². The monoisotopic (exact) mass is 339 g/mol. The molecular weight excluding hydrogens is 319 g/mol. The van der Waals surface area contributed by atoms with Crippen molar-refractivity contribution in [1.29, 1.82) is 0 Å². The molecule has 2 rings (SSSR count). The number of carbonyl (C=O) groups is 1. The maximum atomic E-state index is 12.9. The maximum Gasteiger partial charge on any atom is 0.416 e. The minimum atomic E-state index is -4.39. The highest BCUT2D eigenvalue weighted by Crippen LogP contribution is 2.31. The van der Waals surface area contributed by atoms with Crippen LogP contribution in [0.3, 0.4) is 0 Å². The summed E-state index contributed by atoms with van der Waals surface area (Å²) in [5.74, 6) is 0.0333. The second-order valence-corrected chi connectivity index (χ2v) is 6.04. The first kappa shape index (κ1) is 18.0. The molecular formula is C17H20F3N3O. The summed E-state index contributed by atoms with van der Waals surface area (Å²) < 4.78 is 38.7. The average Bonchev–Trinajstić information content (AvgIpc) is 2.94. The van der Waals surface area contributed by atoms with Gasteiger partial charge in [-0.1, -0.05) is 32.0 Å². The summed E-state index contributed by atoms with van der Waals surface area (Å²) >= 11 is 0. The molecule has 130 valence electrons. The molecule has 0 aliphatic rings. The van der Waals surface area contributed by atoms with E-state index in [0.29, 0.717) is 5.92 Å². The average molecular weight is 339 g/mol. The third-order valence-electron chi connectivity index (χ3n) is 3.49. The van der Waals surface area contributed by atoms with Crippen molar-refractivity contribution in [3.63, 3.8) is 0 Å². The SMILES string of the molecule is CC(C)Cc1cc(C(=O)NCCc2ccccc2C(F)(F)F)n[nH]1. The van der Waals surface area contributed by atoms with Gasteiger partial charge in [-0.2, -0.15) is 18.3 Å². The van der Waals surface area contributed by atoms with Crippen molar-refractivity contribution in [2.45, 2.75) is 32.9 Å². The Morgan fingerprint density at radius 1 is 1.29 bits per heavy atom. The number of hydrogen-bond acceptors (Lipinski definition) is 2. The summed E-state index contributed by atoms with van der Waals surface area (Å²) in [5, 5.41) is 9.33. The van der Waals surface area contributed by atoms with Gasteiger partial charge in [-0.25, -0.2) is 0 Å². The number of aromatic nitrogens is 2. The van der Waals surface area contributed by atoms with E-state index in [9.17, 15) is 18.0 Å². The zero-order valence-corrected chi connectivity index (χ0v) is 13.6. The number of carbonyl (C=O) groups excluding carboxylic acids is 1. The van der Waals surface area contributed by atoms with Gasteiger partial charge >= 0.3 is 6.18 Å². The fraction of sp³-hybridized carbons (Fsp3) is 0.412. The molecule has 1 amide bonds. The molecule has 1 aromatic heterocycles. The number of halogens is 3. The third kappa shape index (κ3) is 4.84. The Labute approximate surface area is 138 Å². The van der Waals surface area contributed by atoms with Crippen LogP contribution in [0, 0.1) is 5.92 Å². The van der Waals surface area contributed by atoms with E-state index < -0.39 is 17.6 Å². The second kappa shape index (κ2) is 7.51. The first-order valence-electron chi connectivity index (χ1n) is 7.75. The van der Waals surface area contributed by atoms with E-state index in [2.05, 4.69) is 29.4 Å². The first-order valence-corrected chi connectivity index (χ1v) is 7.75. The van der Waals surface area contributed by atoms with Crippen molar-refractivity contribution >= 4 is 5.91 Å². The molecule has 1 aromatic carbocycles. The summed E-state index contributed by atoms with van der Waals surface area (Å²) in [4.78, 5) is 12.0. The van der Waals surface area contributed by atoms with Crippen molar-refractivity contribution in [2.75, 3.05) is 6.54 Å². The molecule has 0 spiro atoms. The van der Waals surface area contributed by atoms with Crippen LogP contribution in [-0.2, 0) is 19.0 Å². The van der Waals surface area contributed by atoms with Crippen molar-refractivity contribution < 1.29 is 18.0 Å². The lowest BCUT2D eigenvalue weighted by Crippen LogP contribution is -2.26. The number of alkyl halides is 3. The predicted molar refractivity (Wildman–Crippen MR) is 84.6 cm³/mol. The standard InChI is InChI=1S/C17H20F3N3O/c1-11(2)9-13-10-15(23-22-13)16(24)21-8-7-12-5-3-4-6-14(12)17(18,19)20/h3-6,10-11H,7-9H2,1-2H3,(H,21,24)(H,22,23). The van der Waals surface area contributed by atoms with Gasteiger partial charge in [0.1, 0.15) is 5.69 Å². The largest absolute Gasteiger partial charge is 0.416 e. The quantitative estimate of drug-likeness (QED) is 0.845. The van der Waals surface area contributed by atoms with Crippen LogP contribution in [0.4, 0.5) is 13.2 Å². The normalized spacial score (nSPS) is 11.8. The number of hydrogen-bond donors (Lipinski definition) is 2. The van der Waals surface area contributed by atoms with Gasteiger partial charge in [-0.15, -0.1) is 0 Å². The van der Waals surface area contributed by atoms with Gasteiger partial charge in [-0.05, 0) is 36.5 Å². The molecule has 1 heterocycles. The van der Waals surface area contributed by atoms with Gasteiger partial charge in [0.25, 0.3) is 5.91 Å². The molecule has 4 nitrogen and oxygen atoms in total. The van der Waals surface area contributed by atoms with E-state index in [0.717, 1.165) is 18.2 Å². The van der Waals surface area contributed by atoms with Gasteiger partial charge in [0, 0.05) is 12.2 Å². The molecule has 2 aromatic rings. The summed E-state index contributed by atoms with van der Waals surface area (Å²) in [6.07, 6.45) is -3.52. The van der Waals surface area contributed by atoms with Crippen molar-refractivity contribution in [3.05, 3.63) is 52.8 Å². The van der Waals surface area contributed by atoms with E-state index in [1.165, 1.54) is 12.1 Å². The molecule has 0 saturated carbocycles. The van der Waals surface area contributed by atoms with Crippen LogP contribution >= 0.6 is 0 Å². The van der Waals surface area contributed by atoms with Gasteiger partial charge in [0.15, 0.2) is 0 Å². The van der Waals surface area contributed by atoms with Crippen molar-refractivity contribution in [2.24, 2.45) is 5.92 Å². The molecule has 0 aliphatic carbocycles. The smallest absolute Gasteiger partial charge is 0.350 e. The van der Waals surface area contributed by atoms with E-state index in [4.69, 9.17) is 0 Å². The number of amides is 1. The van der Waals surface area contributed by atoms with Gasteiger partial charge in [0.2, 0.25) is 0 Å². The van der Waals surface area contributed by atoms with Gasteiger partial charge in [0.05, 0.1) is 5.56 Å². The highest BCUT2D eigenvalue weighted by molar-refractivity contribution is 5.92. The Bertz CT molecular complexity index is 692. The van der Waals surface area contributed by atoms with E-state index in [1.807, 2.05) is 0 Å². The third-order valence-corrected chi connectivity index (χ3v) is 3.49. The Kier molecular flexibility index (Phi) is 5.64. The van der Waals surface area contributed by atoms with E-state index in [-0.39, 0.29) is 24.2 Å². The molecule has 24 heavy (non-hydrogen) atoms. The maximum absolute atomic E-state index is 12.9. The minimum Gasteiger partial charge on any atom is -0.350 e. The number of nitrogens with one attached hydrogen (secondary N) is 2. The molecule has 0 unspecified atom stereocenters. The second-order valence-electron chi connectivity index (χ2n) is 6.04. The molecule has 0 radical (unpaired) electrons. The highest BCUT2D eigenvalue weighted by Gasteiger charge is 2.32. The van der Waals surface area contributed by atoms with Crippen LogP contribution in [-0.4, -0.2) is 22.6 Å². The predicted octanol–water partition coefficient (Wildman–Crippen LogP) is 3.60. The molecule has 7 heteroatoms. The van der Waals surface area contributed by atoms with Crippen LogP contribution < -0.4 is 5.32 Å². The van der Waals surface area contributed by atoms with Crippen LogP contribution in [0.25, 0.3) is 0 Å². The van der Waals surface area contributed by atoms with Crippen molar-refractivity contribution in [1.82, 2.24) is 15.5 Å². The topological polar surface area (TPSA) is 57.8 Å². The van der Waals surface area contributed by atoms with Crippen LogP contribution in [0.1, 0.15) is 41.2 Å². The number of nitrogens with zero attached hydrogens (tertiary/aromatic N) is 1. The Morgan fingerprint density at radius 2 is 2.00 bits per heavy atom. The zero-order valence-electron chi connectivity index (χ0n) is 13.6. The van der Waals surface area contributed by atoms with Gasteiger partial charge in [-0.3, -0.25) is 9.89 Å². The molecule has 2 N–H and O–H groups in total. The Hall–Kier alpha value is -2.31. The Balaban J connectivity index is 1.93. The van der Waals surface area contributed by atoms with E-state index >= 15 is 0 Å². The summed E-state index contributed by atoms with van der Waals surface area (Å²) in [5.41, 5.74) is 0.596. The van der Waals surface area contributed by atoms with Crippen LogP contribution in [0.5, 0.6) is 0 Å². The molecule has 0 saturated heterocycles. The number of rotatable bonds is 6.